The molecular weight excluding hydrogens is 240 g/mol. The molecule has 2 aromatic rings. The predicted octanol–water partition coefficient (Wildman–Crippen LogP) is 2.44. The minimum absolute atomic E-state index is 0.446. The lowest BCUT2D eigenvalue weighted by Crippen LogP contribution is -2.21. The van der Waals surface area contributed by atoms with Crippen LogP contribution < -0.4 is 0 Å². The van der Waals surface area contributed by atoms with Crippen LogP contribution in [0.5, 0.6) is 0 Å². The van der Waals surface area contributed by atoms with Gasteiger partial charge in [-0.1, -0.05) is 30.3 Å². The first-order valence-electron chi connectivity index (χ1n) is 6.57. The largest absolute Gasteiger partial charge is 0.481 e. The topological polar surface area (TPSA) is 55.1 Å². The number of carbonyl (C=O) groups is 1. The Balaban J connectivity index is 1.87. The summed E-state index contributed by atoms with van der Waals surface area (Å²) in [6, 6.07) is 10.1. The second-order valence-electron chi connectivity index (χ2n) is 4.98. The molecule has 0 radical (unpaired) electrons. The van der Waals surface area contributed by atoms with E-state index in [1.807, 2.05) is 29.0 Å². The van der Waals surface area contributed by atoms with E-state index in [1.165, 1.54) is 5.56 Å². The fourth-order valence-electron chi connectivity index (χ4n) is 2.66. The molecule has 4 heteroatoms. The van der Waals surface area contributed by atoms with Crippen molar-refractivity contribution in [2.24, 2.45) is 0 Å². The van der Waals surface area contributed by atoms with E-state index in [1.54, 1.807) is 0 Å². The first-order valence-corrected chi connectivity index (χ1v) is 6.57. The Bertz CT molecular complexity index is 589. The van der Waals surface area contributed by atoms with Gasteiger partial charge in [-0.3, -0.25) is 4.79 Å². The Labute approximate surface area is 111 Å². The Morgan fingerprint density at radius 1 is 1.37 bits per heavy atom. The third-order valence-corrected chi connectivity index (χ3v) is 3.59. The lowest BCUT2D eigenvalue weighted by molar-refractivity contribution is -0.139. The van der Waals surface area contributed by atoms with Crippen LogP contribution in [-0.2, 0) is 17.8 Å². The highest BCUT2D eigenvalue weighted by atomic mass is 16.4. The number of hydrogen-bond acceptors (Lipinski definition) is 2. The quantitative estimate of drug-likeness (QED) is 0.917. The van der Waals surface area contributed by atoms with Crippen LogP contribution in [0.2, 0.25) is 0 Å². The lowest BCUT2D eigenvalue weighted by atomic mass is 9.99. The van der Waals surface area contributed by atoms with Gasteiger partial charge in [0.25, 0.3) is 0 Å². The molecule has 1 aliphatic heterocycles. The first kappa shape index (κ1) is 12.0. The van der Waals surface area contributed by atoms with Crippen molar-refractivity contribution in [3.63, 3.8) is 0 Å². The molecule has 2 heterocycles. The van der Waals surface area contributed by atoms with Crippen LogP contribution in [0.15, 0.2) is 36.5 Å². The number of imidazole rings is 1. The second kappa shape index (κ2) is 4.88. The van der Waals surface area contributed by atoms with Crippen molar-refractivity contribution in [1.82, 2.24) is 9.55 Å². The van der Waals surface area contributed by atoms with Gasteiger partial charge >= 0.3 is 5.97 Å². The molecule has 0 amide bonds. The average Bonchev–Trinajstić information content (AvgIpc) is 2.81. The number of carboxylic acids is 1. The molecule has 0 aliphatic carbocycles. The Hall–Kier alpha value is -2.10. The highest BCUT2D eigenvalue weighted by Crippen LogP contribution is 2.27. The summed E-state index contributed by atoms with van der Waals surface area (Å²) in [5, 5.41) is 9.23. The number of fused-ring (bicyclic) bond motifs is 1. The van der Waals surface area contributed by atoms with Crippen molar-refractivity contribution in [3.05, 3.63) is 53.6 Å². The standard InChI is InChI=1S/C15H16N2O2/c18-15(19)13-7-4-8-17-10-12(16-14(13)17)9-11-5-2-1-3-6-11/h1-3,5-6,10,13H,4,7-9H2,(H,18,19). The van der Waals surface area contributed by atoms with Gasteiger partial charge in [0.2, 0.25) is 0 Å². The average molecular weight is 256 g/mol. The molecule has 0 spiro atoms. The number of aryl methyl sites for hydroxylation is 1. The summed E-state index contributed by atoms with van der Waals surface area (Å²) in [4.78, 5) is 15.8. The maximum absolute atomic E-state index is 11.2. The van der Waals surface area contributed by atoms with E-state index in [2.05, 4.69) is 17.1 Å². The summed E-state index contributed by atoms with van der Waals surface area (Å²) in [5.74, 6) is -0.499. The fraction of sp³-hybridized carbons (Fsp3) is 0.333. The molecule has 1 N–H and O–H groups in total. The SMILES string of the molecule is O=C(O)C1CCCn2cc(Cc3ccccc3)nc21. The maximum Gasteiger partial charge on any atom is 0.314 e. The van der Waals surface area contributed by atoms with Crippen molar-refractivity contribution >= 4 is 5.97 Å². The van der Waals surface area contributed by atoms with E-state index in [4.69, 9.17) is 0 Å². The van der Waals surface area contributed by atoms with Crippen molar-refractivity contribution < 1.29 is 9.90 Å². The molecule has 0 fully saturated rings. The van der Waals surface area contributed by atoms with Gasteiger partial charge in [-0.15, -0.1) is 0 Å². The predicted molar refractivity (Wildman–Crippen MR) is 71.1 cm³/mol. The van der Waals surface area contributed by atoms with Gasteiger partial charge in [-0.25, -0.2) is 4.98 Å². The van der Waals surface area contributed by atoms with Gasteiger partial charge in [0.1, 0.15) is 11.7 Å². The third kappa shape index (κ3) is 2.38. The molecular formula is C15H16N2O2. The zero-order valence-electron chi connectivity index (χ0n) is 10.6. The van der Waals surface area contributed by atoms with E-state index >= 15 is 0 Å². The lowest BCUT2D eigenvalue weighted by Gasteiger charge is -2.19. The molecule has 3 rings (SSSR count). The van der Waals surface area contributed by atoms with Crippen molar-refractivity contribution in [1.29, 1.82) is 0 Å². The van der Waals surface area contributed by atoms with E-state index in [0.717, 1.165) is 25.1 Å². The number of hydrogen-bond donors (Lipinski definition) is 1. The van der Waals surface area contributed by atoms with Crippen LogP contribution >= 0.6 is 0 Å². The van der Waals surface area contributed by atoms with Gasteiger partial charge in [-0.2, -0.15) is 0 Å². The summed E-state index contributed by atoms with van der Waals surface area (Å²) in [6.07, 6.45) is 4.35. The van der Waals surface area contributed by atoms with Gasteiger partial charge in [0.05, 0.1) is 5.69 Å². The Morgan fingerprint density at radius 3 is 2.89 bits per heavy atom. The molecule has 1 unspecified atom stereocenters. The fourth-order valence-corrected chi connectivity index (χ4v) is 2.66. The minimum atomic E-state index is -0.766. The number of rotatable bonds is 3. The number of benzene rings is 1. The van der Waals surface area contributed by atoms with E-state index in [9.17, 15) is 9.90 Å². The van der Waals surface area contributed by atoms with Crippen LogP contribution in [0.4, 0.5) is 0 Å². The van der Waals surface area contributed by atoms with Gasteiger partial charge in [0.15, 0.2) is 0 Å². The molecule has 1 aromatic carbocycles. The van der Waals surface area contributed by atoms with E-state index in [0.29, 0.717) is 12.2 Å². The molecule has 1 atom stereocenters. The first-order chi connectivity index (χ1) is 9.24. The zero-order valence-corrected chi connectivity index (χ0v) is 10.6. The molecule has 98 valence electrons. The third-order valence-electron chi connectivity index (χ3n) is 3.59. The molecule has 0 saturated heterocycles. The summed E-state index contributed by atoms with van der Waals surface area (Å²) in [7, 11) is 0. The summed E-state index contributed by atoms with van der Waals surface area (Å²) in [5.41, 5.74) is 2.15. The Kier molecular flexibility index (Phi) is 3.07. The zero-order chi connectivity index (χ0) is 13.2. The normalized spacial score (nSPS) is 18.0. The number of carboxylic acid groups (broad SMARTS) is 1. The van der Waals surface area contributed by atoms with Crippen molar-refractivity contribution in [2.45, 2.75) is 31.7 Å². The van der Waals surface area contributed by atoms with Crippen molar-refractivity contribution in [2.75, 3.05) is 0 Å². The second-order valence-corrected chi connectivity index (χ2v) is 4.98. The highest BCUT2D eigenvalue weighted by molar-refractivity contribution is 5.75. The van der Waals surface area contributed by atoms with Crippen LogP contribution in [0.3, 0.4) is 0 Å². The van der Waals surface area contributed by atoms with Crippen LogP contribution in [0.25, 0.3) is 0 Å². The maximum atomic E-state index is 11.2. The number of nitrogens with zero attached hydrogens (tertiary/aromatic N) is 2. The Morgan fingerprint density at radius 2 is 2.16 bits per heavy atom. The van der Waals surface area contributed by atoms with Gasteiger partial charge in [-0.05, 0) is 18.4 Å². The highest BCUT2D eigenvalue weighted by Gasteiger charge is 2.28. The molecule has 4 nitrogen and oxygen atoms in total. The monoisotopic (exact) mass is 256 g/mol. The van der Waals surface area contributed by atoms with Crippen LogP contribution in [0.1, 0.15) is 35.8 Å². The van der Waals surface area contributed by atoms with Gasteiger partial charge in [0, 0.05) is 19.2 Å². The molecule has 0 bridgehead atoms. The smallest absolute Gasteiger partial charge is 0.314 e. The summed E-state index contributed by atoms with van der Waals surface area (Å²) in [6.45, 7) is 0.876. The summed E-state index contributed by atoms with van der Waals surface area (Å²) >= 11 is 0. The molecule has 1 aliphatic rings. The molecule has 19 heavy (non-hydrogen) atoms. The van der Waals surface area contributed by atoms with Crippen LogP contribution in [0, 0.1) is 0 Å². The van der Waals surface area contributed by atoms with E-state index < -0.39 is 11.9 Å². The van der Waals surface area contributed by atoms with Crippen molar-refractivity contribution in [3.8, 4) is 0 Å². The van der Waals surface area contributed by atoms with Crippen LogP contribution in [-0.4, -0.2) is 20.6 Å². The van der Waals surface area contributed by atoms with Gasteiger partial charge < -0.3 is 9.67 Å². The number of aliphatic carboxylic acids is 1. The minimum Gasteiger partial charge on any atom is -0.481 e. The molecule has 1 aromatic heterocycles. The number of aromatic nitrogens is 2. The molecule has 0 saturated carbocycles. The van der Waals surface area contributed by atoms with E-state index in [-0.39, 0.29) is 0 Å². The summed E-state index contributed by atoms with van der Waals surface area (Å²) < 4.78 is 2.00.